The number of carbonyl (C=O) groups excluding carboxylic acids is 1. The molecular formula is C18H22N6O2. The molecule has 0 fully saturated rings. The molecule has 1 aromatic carbocycles. The Hall–Kier alpha value is -3.00. The Morgan fingerprint density at radius 1 is 1.38 bits per heavy atom. The van der Waals surface area contributed by atoms with Gasteiger partial charge in [-0.15, -0.1) is 0 Å². The summed E-state index contributed by atoms with van der Waals surface area (Å²) < 4.78 is 6.55. The summed E-state index contributed by atoms with van der Waals surface area (Å²) in [6.45, 7) is 5.32. The fourth-order valence-electron chi connectivity index (χ4n) is 2.67. The van der Waals surface area contributed by atoms with Crippen molar-refractivity contribution >= 4 is 11.9 Å². The second-order valence-corrected chi connectivity index (χ2v) is 6.07. The summed E-state index contributed by atoms with van der Waals surface area (Å²) in [5.41, 5.74) is 2.49. The molecule has 0 aliphatic heterocycles. The molecule has 0 aliphatic carbocycles. The van der Waals surface area contributed by atoms with Crippen LogP contribution in [-0.2, 0) is 13.1 Å². The molecule has 0 saturated carbocycles. The average molecular weight is 354 g/mol. The number of carbonyl (C=O) groups is 1. The van der Waals surface area contributed by atoms with Crippen LogP contribution in [0.3, 0.4) is 0 Å². The smallest absolute Gasteiger partial charge is 0.258 e. The number of benzene rings is 1. The lowest BCUT2D eigenvalue weighted by atomic mass is 10.1. The zero-order chi connectivity index (χ0) is 18.5. The fourth-order valence-corrected chi connectivity index (χ4v) is 2.67. The highest BCUT2D eigenvalue weighted by atomic mass is 16.5. The van der Waals surface area contributed by atoms with E-state index in [1.165, 1.54) is 6.33 Å². The number of hydrogen-bond acceptors (Lipinski definition) is 6. The van der Waals surface area contributed by atoms with E-state index >= 15 is 0 Å². The summed E-state index contributed by atoms with van der Waals surface area (Å²) in [6, 6.07) is 9.50. The van der Waals surface area contributed by atoms with Crippen LogP contribution in [0.15, 0.2) is 47.4 Å². The first-order valence-corrected chi connectivity index (χ1v) is 8.47. The molecule has 3 rings (SSSR count). The van der Waals surface area contributed by atoms with Crippen molar-refractivity contribution in [1.29, 1.82) is 0 Å². The van der Waals surface area contributed by atoms with Crippen LogP contribution in [-0.4, -0.2) is 37.8 Å². The summed E-state index contributed by atoms with van der Waals surface area (Å²) in [7, 11) is 2.01. The SMILES string of the molecule is CCn1ncnc1NC(=O)c1cccc(CN(C)C(C)c2ccon2)c1. The van der Waals surface area contributed by atoms with Crippen LogP contribution in [0.25, 0.3) is 0 Å². The third-order valence-electron chi connectivity index (χ3n) is 4.31. The zero-order valence-corrected chi connectivity index (χ0v) is 15.1. The van der Waals surface area contributed by atoms with E-state index in [1.54, 1.807) is 17.0 Å². The first-order chi connectivity index (χ1) is 12.6. The van der Waals surface area contributed by atoms with Gasteiger partial charge in [0.15, 0.2) is 0 Å². The molecule has 0 bridgehead atoms. The van der Waals surface area contributed by atoms with Crippen molar-refractivity contribution in [3.8, 4) is 0 Å². The largest absolute Gasteiger partial charge is 0.364 e. The number of amides is 1. The maximum atomic E-state index is 12.5. The van der Waals surface area contributed by atoms with Crippen LogP contribution < -0.4 is 5.32 Å². The number of aromatic nitrogens is 4. The quantitative estimate of drug-likeness (QED) is 0.702. The lowest BCUT2D eigenvalue weighted by Gasteiger charge is -2.23. The molecule has 136 valence electrons. The summed E-state index contributed by atoms with van der Waals surface area (Å²) >= 11 is 0. The maximum Gasteiger partial charge on any atom is 0.258 e. The normalized spacial score (nSPS) is 12.3. The molecule has 0 radical (unpaired) electrons. The van der Waals surface area contributed by atoms with Gasteiger partial charge in [0, 0.05) is 24.7 Å². The van der Waals surface area contributed by atoms with Gasteiger partial charge in [0.1, 0.15) is 18.3 Å². The summed E-state index contributed by atoms with van der Waals surface area (Å²) in [6.07, 6.45) is 3.00. The first kappa shape index (κ1) is 17.8. The minimum Gasteiger partial charge on any atom is -0.364 e. The highest BCUT2D eigenvalue weighted by Gasteiger charge is 2.16. The number of nitrogens with zero attached hydrogens (tertiary/aromatic N) is 5. The second kappa shape index (κ2) is 7.92. The van der Waals surface area contributed by atoms with Crippen molar-refractivity contribution in [2.75, 3.05) is 12.4 Å². The van der Waals surface area contributed by atoms with Gasteiger partial charge in [-0.3, -0.25) is 15.0 Å². The Labute approximate surface area is 151 Å². The van der Waals surface area contributed by atoms with E-state index in [0.717, 1.165) is 11.3 Å². The molecule has 1 unspecified atom stereocenters. The molecule has 3 aromatic rings. The van der Waals surface area contributed by atoms with E-state index in [9.17, 15) is 4.79 Å². The highest BCUT2D eigenvalue weighted by Crippen LogP contribution is 2.19. The lowest BCUT2D eigenvalue weighted by Crippen LogP contribution is -2.22. The van der Waals surface area contributed by atoms with E-state index < -0.39 is 0 Å². The van der Waals surface area contributed by atoms with Crippen molar-refractivity contribution in [3.63, 3.8) is 0 Å². The van der Waals surface area contributed by atoms with Crippen molar-refractivity contribution in [2.45, 2.75) is 33.0 Å². The Balaban J connectivity index is 1.68. The van der Waals surface area contributed by atoms with Gasteiger partial charge in [0.25, 0.3) is 5.91 Å². The van der Waals surface area contributed by atoms with Gasteiger partial charge >= 0.3 is 0 Å². The number of anilines is 1. The van der Waals surface area contributed by atoms with Crippen LogP contribution in [0.1, 0.15) is 41.5 Å². The van der Waals surface area contributed by atoms with Crippen LogP contribution in [0.5, 0.6) is 0 Å². The second-order valence-electron chi connectivity index (χ2n) is 6.07. The van der Waals surface area contributed by atoms with E-state index in [0.29, 0.717) is 24.6 Å². The topological polar surface area (TPSA) is 89.1 Å². The average Bonchev–Trinajstić information content (AvgIpc) is 3.33. The van der Waals surface area contributed by atoms with Crippen LogP contribution in [0.4, 0.5) is 5.95 Å². The first-order valence-electron chi connectivity index (χ1n) is 8.47. The third kappa shape index (κ3) is 3.97. The summed E-state index contributed by atoms with van der Waals surface area (Å²) in [5.74, 6) is 0.237. The van der Waals surface area contributed by atoms with Gasteiger partial charge in [0.05, 0.1) is 6.04 Å². The predicted octanol–water partition coefficient (Wildman–Crippen LogP) is 2.73. The third-order valence-corrected chi connectivity index (χ3v) is 4.31. The molecule has 1 amide bonds. The van der Waals surface area contributed by atoms with Crippen LogP contribution >= 0.6 is 0 Å². The van der Waals surface area contributed by atoms with Gasteiger partial charge in [0.2, 0.25) is 5.95 Å². The van der Waals surface area contributed by atoms with Gasteiger partial charge < -0.3 is 4.52 Å². The predicted molar refractivity (Wildman–Crippen MR) is 96.5 cm³/mol. The molecule has 8 heteroatoms. The number of nitrogens with one attached hydrogen (secondary N) is 1. The van der Waals surface area contributed by atoms with Crippen molar-refractivity contribution in [2.24, 2.45) is 0 Å². The number of hydrogen-bond donors (Lipinski definition) is 1. The Kier molecular flexibility index (Phi) is 5.43. The molecule has 26 heavy (non-hydrogen) atoms. The maximum absolute atomic E-state index is 12.5. The standard InChI is InChI=1S/C18H22N6O2/c1-4-24-18(19-12-20-24)21-17(25)15-7-5-6-14(10-15)11-23(3)13(2)16-8-9-26-22-16/h5-10,12-13H,4,11H2,1-3H3,(H,19,20,21,25). The van der Waals surface area contributed by atoms with Crippen molar-refractivity contribution < 1.29 is 9.32 Å². The van der Waals surface area contributed by atoms with Crippen LogP contribution in [0, 0.1) is 0 Å². The highest BCUT2D eigenvalue weighted by molar-refractivity contribution is 6.03. The summed E-state index contributed by atoms with van der Waals surface area (Å²) in [5, 5.41) is 10.8. The fraction of sp³-hybridized carbons (Fsp3) is 0.333. The molecule has 0 spiro atoms. The molecule has 0 saturated heterocycles. The lowest BCUT2D eigenvalue weighted by molar-refractivity contribution is 0.102. The van der Waals surface area contributed by atoms with Gasteiger partial charge in [-0.25, -0.2) is 4.68 Å². The monoisotopic (exact) mass is 354 g/mol. The summed E-state index contributed by atoms with van der Waals surface area (Å²) in [4.78, 5) is 18.7. The Morgan fingerprint density at radius 2 is 2.23 bits per heavy atom. The minimum absolute atomic E-state index is 0.106. The Morgan fingerprint density at radius 3 is 2.96 bits per heavy atom. The van der Waals surface area contributed by atoms with E-state index in [1.807, 2.05) is 38.2 Å². The number of aryl methyl sites for hydroxylation is 1. The van der Waals surface area contributed by atoms with Crippen molar-refractivity contribution in [1.82, 2.24) is 24.8 Å². The van der Waals surface area contributed by atoms with Crippen LogP contribution in [0.2, 0.25) is 0 Å². The van der Waals surface area contributed by atoms with Gasteiger partial charge in [-0.2, -0.15) is 10.1 Å². The Bertz CT molecular complexity index is 858. The molecule has 1 N–H and O–H groups in total. The molecular weight excluding hydrogens is 332 g/mol. The molecule has 2 heterocycles. The molecule has 8 nitrogen and oxygen atoms in total. The molecule has 2 aromatic heterocycles. The number of rotatable bonds is 7. The molecule has 1 atom stereocenters. The van der Waals surface area contributed by atoms with Crippen molar-refractivity contribution in [3.05, 3.63) is 59.7 Å². The van der Waals surface area contributed by atoms with E-state index in [4.69, 9.17) is 4.52 Å². The minimum atomic E-state index is -0.207. The molecule has 0 aliphatic rings. The van der Waals surface area contributed by atoms with Gasteiger partial charge in [-0.05, 0) is 38.6 Å². The van der Waals surface area contributed by atoms with E-state index in [-0.39, 0.29) is 11.9 Å². The zero-order valence-electron chi connectivity index (χ0n) is 15.1. The van der Waals surface area contributed by atoms with E-state index in [2.05, 4.69) is 32.4 Å². The van der Waals surface area contributed by atoms with Gasteiger partial charge in [-0.1, -0.05) is 17.3 Å².